The quantitative estimate of drug-likeness (QED) is 0.138. The van der Waals surface area contributed by atoms with Gasteiger partial charge in [-0.25, -0.2) is 4.79 Å². The second kappa shape index (κ2) is 19.6. The van der Waals surface area contributed by atoms with Crippen LogP contribution in [0.3, 0.4) is 0 Å². The minimum absolute atomic E-state index is 0.0151. The van der Waals surface area contributed by atoms with Crippen molar-refractivity contribution in [1.29, 1.82) is 0 Å². The summed E-state index contributed by atoms with van der Waals surface area (Å²) in [4.78, 5) is 55.6. The zero-order chi connectivity index (χ0) is 34.1. The molecule has 0 spiro atoms. The van der Waals surface area contributed by atoms with Crippen molar-refractivity contribution in [2.75, 3.05) is 19.7 Å². The number of benzene rings is 2. The van der Waals surface area contributed by atoms with Gasteiger partial charge in [0.15, 0.2) is 0 Å². The van der Waals surface area contributed by atoms with Gasteiger partial charge < -0.3 is 25.0 Å². The lowest BCUT2D eigenvalue weighted by Gasteiger charge is -2.36. The van der Waals surface area contributed by atoms with Crippen LogP contribution in [-0.4, -0.2) is 60.1 Å². The van der Waals surface area contributed by atoms with E-state index in [2.05, 4.69) is 17.6 Å². The summed E-state index contributed by atoms with van der Waals surface area (Å²) in [5.74, 6) is -1.18. The van der Waals surface area contributed by atoms with Gasteiger partial charge in [-0.05, 0) is 70.2 Å². The maximum atomic E-state index is 14.7. The summed E-state index contributed by atoms with van der Waals surface area (Å²) in [7, 11) is 0. The predicted molar refractivity (Wildman–Crippen MR) is 181 cm³/mol. The lowest BCUT2D eigenvalue weighted by atomic mass is 9.93. The maximum absolute atomic E-state index is 14.7. The number of rotatable bonds is 18. The van der Waals surface area contributed by atoms with Gasteiger partial charge in [-0.1, -0.05) is 87.6 Å². The zero-order valence-electron chi connectivity index (χ0n) is 28.9. The molecular weight excluding hydrogens is 582 g/mol. The standard InChI is InChI=1S/C37H55N3O6/c1-8-10-11-12-13-17-25-40(35(43)30(26-29-21-15-14-16-22-29)39-36(44)46-37(5,6)7)33(32-27(3)19-18-20-28(32)4)34(42)38-24-23-31(41)45-9-2/h14-16,18-22,30,33H,8-13,17,23-26H2,1-7H3,(H,38,42)(H,39,44). The Bertz CT molecular complexity index is 1240. The Kier molecular flexibility index (Phi) is 16.3. The number of ether oxygens (including phenoxy) is 2. The van der Waals surface area contributed by atoms with E-state index in [0.717, 1.165) is 54.4 Å². The lowest BCUT2D eigenvalue weighted by Crippen LogP contribution is -2.54. The molecule has 2 unspecified atom stereocenters. The number of aryl methyl sites for hydroxylation is 2. The van der Waals surface area contributed by atoms with Gasteiger partial charge in [0.05, 0.1) is 13.0 Å². The highest BCUT2D eigenvalue weighted by Gasteiger charge is 2.37. The van der Waals surface area contributed by atoms with Crippen LogP contribution in [0.2, 0.25) is 0 Å². The maximum Gasteiger partial charge on any atom is 0.408 e. The molecule has 0 saturated heterocycles. The van der Waals surface area contributed by atoms with E-state index in [1.54, 1.807) is 32.6 Å². The number of carbonyl (C=O) groups is 4. The van der Waals surface area contributed by atoms with Crippen molar-refractivity contribution in [3.05, 3.63) is 70.8 Å². The van der Waals surface area contributed by atoms with Gasteiger partial charge in [-0.3, -0.25) is 14.4 Å². The first kappa shape index (κ1) is 38.3. The monoisotopic (exact) mass is 637 g/mol. The molecule has 0 saturated carbocycles. The molecule has 0 aliphatic carbocycles. The highest BCUT2D eigenvalue weighted by atomic mass is 16.6. The van der Waals surface area contributed by atoms with Crippen molar-refractivity contribution in [2.45, 2.75) is 118 Å². The van der Waals surface area contributed by atoms with Crippen molar-refractivity contribution in [2.24, 2.45) is 0 Å². The Morgan fingerprint density at radius 3 is 2.09 bits per heavy atom. The average Bonchev–Trinajstić information content (AvgIpc) is 2.98. The molecule has 2 atom stereocenters. The minimum atomic E-state index is -0.989. The normalized spacial score (nSPS) is 12.5. The first-order valence-corrected chi connectivity index (χ1v) is 16.7. The van der Waals surface area contributed by atoms with Crippen molar-refractivity contribution < 1.29 is 28.7 Å². The average molecular weight is 638 g/mol. The third kappa shape index (κ3) is 13.2. The smallest absolute Gasteiger partial charge is 0.408 e. The van der Waals surface area contributed by atoms with Crippen LogP contribution in [0.4, 0.5) is 4.79 Å². The minimum Gasteiger partial charge on any atom is -0.466 e. The molecule has 2 aromatic rings. The largest absolute Gasteiger partial charge is 0.466 e. The van der Waals surface area contributed by atoms with Crippen molar-refractivity contribution in [3.8, 4) is 0 Å². The summed E-state index contributed by atoms with van der Waals surface area (Å²) in [6.45, 7) is 13.7. The number of nitrogens with zero attached hydrogens (tertiary/aromatic N) is 1. The fourth-order valence-electron chi connectivity index (χ4n) is 5.43. The topological polar surface area (TPSA) is 114 Å². The molecular formula is C37H55N3O6. The van der Waals surface area contributed by atoms with Gasteiger partial charge in [0, 0.05) is 19.5 Å². The summed E-state index contributed by atoms with van der Waals surface area (Å²) in [6.07, 6.45) is 5.53. The summed E-state index contributed by atoms with van der Waals surface area (Å²) in [5, 5.41) is 5.72. The molecule has 0 aliphatic heterocycles. The van der Waals surface area contributed by atoms with E-state index in [0.29, 0.717) is 13.0 Å². The van der Waals surface area contributed by atoms with Crippen LogP contribution in [0.15, 0.2) is 48.5 Å². The van der Waals surface area contributed by atoms with E-state index in [-0.39, 0.29) is 31.9 Å². The molecule has 3 amide bonds. The van der Waals surface area contributed by atoms with E-state index in [1.807, 2.05) is 62.4 Å². The van der Waals surface area contributed by atoms with Gasteiger partial charge in [0.2, 0.25) is 11.8 Å². The molecule has 9 nitrogen and oxygen atoms in total. The Balaban J connectivity index is 2.56. The first-order valence-electron chi connectivity index (χ1n) is 16.7. The molecule has 0 aromatic heterocycles. The molecule has 2 N–H and O–H groups in total. The number of hydrogen-bond donors (Lipinski definition) is 2. The van der Waals surface area contributed by atoms with Gasteiger partial charge >= 0.3 is 12.1 Å². The predicted octanol–water partition coefficient (Wildman–Crippen LogP) is 6.74. The molecule has 0 fully saturated rings. The van der Waals surface area contributed by atoms with Crippen molar-refractivity contribution in [1.82, 2.24) is 15.5 Å². The number of carbonyl (C=O) groups excluding carboxylic acids is 4. The highest BCUT2D eigenvalue weighted by molar-refractivity contribution is 5.93. The van der Waals surface area contributed by atoms with Crippen LogP contribution in [0.25, 0.3) is 0 Å². The van der Waals surface area contributed by atoms with Crippen LogP contribution in [0.5, 0.6) is 0 Å². The SMILES string of the molecule is CCCCCCCCN(C(=O)C(Cc1ccccc1)NC(=O)OC(C)(C)C)C(C(=O)NCCC(=O)OCC)c1c(C)cccc1C. The van der Waals surface area contributed by atoms with Crippen LogP contribution in [0, 0.1) is 13.8 Å². The highest BCUT2D eigenvalue weighted by Crippen LogP contribution is 2.29. The molecule has 254 valence electrons. The molecule has 2 aromatic carbocycles. The Morgan fingerprint density at radius 2 is 1.48 bits per heavy atom. The Morgan fingerprint density at radius 1 is 0.848 bits per heavy atom. The van der Waals surface area contributed by atoms with Crippen LogP contribution < -0.4 is 10.6 Å². The van der Waals surface area contributed by atoms with Gasteiger partial charge in [0.25, 0.3) is 0 Å². The molecule has 9 heteroatoms. The molecule has 2 rings (SSSR count). The Hall–Kier alpha value is -3.88. The van der Waals surface area contributed by atoms with E-state index >= 15 is 0 Å². The number of esters is 1. The summed E-state index contributed by atoms with van der Waals surface area (Å²) < 4.78 is 10.6. The number of alkyl carbamates (subject to hydrolysis) is 1. The van der Waals surface area contributed by atoms with Crippen LogP contribution in [0.1, 0.15) is 108 Å². The molecule has 0 bridgehead atoms. The molecule has 0 radical (unpaired) electrons. The second-order valence-corrected chi connectivity index (χ2v) is 12.7. The summed E-state index contributed by atoms with van der Waals surface area (Å²) in [6, 6.07) is 13.3. The van der Waals surface area contributed by atoms with Gasteiger partial charge in [0.1, 0.15) is 17.7 Å². The molecule has 46 heavy (non-hydrogen) atoms. The first-order chi connectivity index (χ1) is 21.9. The van der Waals surface area contributed by atoms with E-state index in [4.69, 9.17) is 9.47 Å². The fourth-order valence-corrected chi connectivity index (χ4v) is 5.43. The summed E-state index contributed by atoms with van der Waals surface area (Å²) >= 11 is 0. The number of hydrogen-bond acceptors (Lipinski definition) is 6. The van der Waals surface area contributed by atoms with Gasteiger partial charge in [-0.15, -0.1) is 0 Å². The second-order valence-electron chi connectivity index (χ2n) is 12.7. The number of nitrogens with one attached hydrogen (secondary N) is 2. The van der Waals surface area contributed by atoms with Crippen LogP contribution in [-0.2, 0) is 30.3 Å². The summed E-state index contributed by atoms with van der Waals surface area (Å²) in [5.41, 5.74) is 2.56. The van der Waals surface area contributed by atoms with E-state index in [1.165, 1.54) is 0 Å². The van der Waals surface area contributed by atoms with E-state index < -0.39 is 35.7 Å². The molecule has 0 aliphatic rings. The van der Waals surface area contributed by atoms with Crippen molar-refractivity contribution in [3.63, 3.8) is 0 Å². The number of amides is 3. The van der Waals surface area contributed by atoms with E-state index in [9.17, 15) is 19.2 Å². The zero-order valence-corrected chi connectivity index (χ0v) is 28.9. The third-order valence-electron chi connectivity index (χ3n) is 7.62. The third-order valence-corrected chi connectivity index (χ3v) is 7.62. The lowest BCUT2D eigenvalue weighted by molar-refractivity contribution is -0.144. The van der Waals surface area contributed by atoms with Crippen LogP contribution >= 0.6 is 0 Å². The Labute approximate surface area is 275 Å². The molecule has 0 heterocycles. The van der Waals surface area contributed by atoms with Crippen molar-refractivity contribution >= 4 is 23.9 Å². The van der Waals surface area contributed by atoms with Gasteiger partial charge in [-0.2, -0.15) is 0 Å². The fraction of sp³-hybridized carbons (Fsp3) is 0.568. The number of unbranched alkanes of at least 4 members (excludes halogenated alkanes) is 5.